The lowest BCUT2D eigenvalue weighted by Gasteiger charge is -2.20. The van der Waals surface area contributed by atoms with Gasteiger partial charge in [0.15, 0.2) is 0 Å². The second-order valence-electron chi connectivity index (χ2n) is 6.49. The Labute approximate surface area is 121 Å². The van der Waals surface area contributed by atoms with E-state index in [1.54, 1.807) is 0 Å². The van der Waals surface area contributed by atoms with Gasteiger partial charge in [0.25, 0.3) is 0 Å². The zero-order valence-electron chi connectivity index (χ0n) is 12.4. The first-order chi connectivity index (χ1) is 9.65. The molecule has 0 radical (unpaired) electrons. The minimum Gasteiger partial charge on any atom is -0.481 e. The minimum atomic E-state index is -0.728. The molecule has 0 bridgehead atoms. The Bertz CT molecular complexity index is 335. The summed E-state index contributed by atoms with van der Waals surface area (Å²) >= 11 is 0. The minimum absolute atomic E-state index is 0.231. The molecule has 2 rings (SSSR count). The van der Waals surface area contributed by atoms with Crippen LogP contribution in [0.1, 0.15) is 64.2 Å². The van der Waals surface area contributed by atoms with Crippen molar-refractivity contribution in [2.75, 3.05) is 13.1 Å². The van der Waals surface area contributed by atoms with Gasteiger partial charge < -0.3 is 10.0 Å². The first kappa shape index (κ1) is 15.3. The highest BCUT2D eigenvalue weighted by molar-refractivity contribution is 5.76. The number of aliphatic carboxylic acids is 1. The van der Waals surface area contributed by atoms with Crippen molar-refractivity contribution in [2.45, 2.75) is 64.2 Å². The van der Waals surface area contributed by atoms with Crippen LogP contribution in [-0.4, -0.2) is 35.0 Å². The molecule has 1 heterocycles. The van der Waals surface area contributed by atoms with Crippen molar-refractivity contribution in [3.05, 3.63) is 0 Å². The standard InChI is InChI=1S/C16H27NO3/c18-15(11-13-5-3-1-2-4-6-13)17-10-9-14(12-17)7-8-16(19)20/h13-14H,1-12H2,(H,19,20). The molecule has 1 saturated heterocycles. The molecule has 20 heavy (non-hydrogen) atoms. The zero-order chi connectivity index (χ0) is 14.4. The van der Waals surface area contributed by atoms with E-state index in [1.807, 2.05) is 4.90 Å². The van der Waals surface area contributed by atoms with Crippen LogP contribution >= 0.6 is 0 Å². The number of hydrogen-bond donors (Lipinski definition) is 1. The molecule has 1 atom stereocenters. The number of amides is 1. The van der Waals surface area contributed by atoms with Gasteiger partial charge in [0.1, 0.15) is 0 Å². The van der Waals surface area contributed by atoms with Gasteiger partial charge >= 0.3 is 5.97 Å². The second kappa shape index (κ2) is 7.65. The number of carbonyl (C=O) groups is 2. The number of carboxylic acids is 1. The van der Waals surface area contributed by atoms with Crippen molar-refractivity contribution in [2.24, 2.45) is 11.8 Å². The van der Waals surface area contributed by atoms with Gasteiger partial charge in [-0.2, -0.15) is 0 Å². The molecule has 0 aromatic carbocycles. The summed E-state index contributed by atoms with van der Waals surface area (Å²) < 4.78 is 0. The van der Waals surface area contributed by atoms with Crippen LogP contribution in [0, 0.1) is 11.8 Å². The fraction of sp³-hybridized carbons (Fsp3) is 0.875. The monoisotopic (exact) mass is 281 g/mol. The molecular formula is C16H27NO3. The van der Waals surface area contributed by atoms with E-state index in [4.69, 9.17) is 5.11 Å². The van der Waals surface area contributed by atoms with Gasteiger partial charge in [-0.15, -0.1) is 0 Å². The van der Waals surface area contributed by atoms with Crippen LogP contribution in [0.3, 0.4) is 0 Å². The topological polar surface area (TPSA) is 57.6 Å². The summed E-state index contributed by atoms with van der Waals surface area (Å²) in [5.41, 5.74) is 0. The molecule has 1 saturated carbocycles. The number of nitrogens with zero attached hydrogens (tertiary/aromatic N) is 1. The van der Waals surface area contributed by atoms with E-state index >= 15 is 0 Å². The third-order valence-corrected chi connectivity index (χ3v) is 4.84. The third kappa shape index (κ3) is 4.80. The van der Waals surface area contributed by atoms with E-state index in [2.05, 4.69) is 0 Å². The van der Waals surface area contributed by atoms with Gasteiger partial charge in [-0.3, -0.25) is 9.59 Å². The molecule has 1 N–H and O–H groups in total. The molecule has 0 spiro atoms. The summed E-state index contributed by atoms with van der Waals surface area (Å²) in [6, 6.07) is 0. The van der Waals surface area contributed by atoms with Gasteiger partial charge in [0, 0.05) is 25.9 Å². The zero-order valence-corrected chi connectivity index (χ0v) is 12.4. The van der Waals surface area contributed by atoms with Crippen molar-refractivity contribution in [3.8, 4) is 0 Å². The lowest BCUT2D eigenvalue weighted by atomic mass is 9.96. The average molecular weight is 281 g/mol. The Hall–Kier alpha value is -1.06. The van der Waals surface area contributed by atoms with Crippen molar-refractivity contribution < 1.29 is 14.7 Å². The lowest BCUT2D eigenvalue weighted by Crippen LogP contribution is -2.30. The van der Waals surface area contributed by atoms with Crippen molar-refractivity contribution in [1.82, 2.24) is 4.90 Å². The summed E-state index contributed by atoms with van der Waals surface area (Å²) in [6.07, 6.45) is 10.3. The molecule has 2 fully saturated rings. The second-order valence-corrected chi connectivity index (χ2v) is 6.49. The van der Waals surface area contributed by atoms with Crippen molar-refractivity contribution in [3.63, 3.8) is 0 Å². The largest absolute Gasteiger partial charge is 0.481 e. The highest BCUT2D eigenvalue weighted by Gasteiger charge is 2.28. The summed E-state index contributed by atoms with van der Waals surface area (Å²) in [6.45, 7) is 1.61. The molecule has 0 aromatic heterocycles. The molecule has 1 unspecified atom stereocenters. The Morgan fingerprint density at radius 1 is 1.00 bits per heavy atom. The normalized spacial score (nSPS) is 24.6. The summed E-state index contributed by atoms with van der Waals surface area (Å²) in [4.78, 5) is 24.9. The van der Waals surface area contributed by atoms with Crippen LogP contribution in [0.4, 0.5) is 0 Å². The summed E-state index contributed by atoms with van der Waals surface area (Å²) in [5.74, 6) is 0.551. The Kier molecular flexibility index (Phi) is 5.86. The Balaban J connectivity index is 1.71. The highest BCUT2D eigenvalue weighted by atomic mass is 16.4. The van der Waals surface area contributed by atoms with Crippen LogP contribution in [0.25, 0.3) is 0 Å². The number of carbonyl (C=O) groups excluding carboxylic acids is 1. The van der Waals surface area contributed by atoms with Gasteiger partial charge in [-0.25, -0.2) is 0 Å². The number of likely N-dealkylation sites (tertiary alicyclic amines) is 1. The smallest absolute Gasteiger partial charge is 0.303 e. The number of rotatable bonds is 5. The van der Waals surface area contributed by atoms with E-state index < -0.39 is 5.97 Å². The SMILES string of the molecule is O=C(O)CCC1CCN(C(=O)CC2CCCCCC2)C1. The molecule has 0 aromatic rings. The van der Waals surface area contributed by atoms with Crippen LogP contribution < -0.4 is 0 Å². The highest BCUT2D eigenvalue weighted by Crippen LogP contribution is 2.28. The molecule has 1 amide bonds. The van der Waals surface area contributed by atoms with Crippen molar-refractivity contribution >= 4 is 11.9 Å². The maximum atomic E-state index is 12.3. The maximum absolute atomic E-state index is 12.3. The molecular weight excluding hydrogens is 254 g/mol. The predicted molar refractivity (Wildman–Crippen MR) is 77.4 cm³/mol. The molecule has 4 heteroatoms. The number of carboxylic acid groups (broad SMARTS) is 1. The first-order valence-electron chi connectivity index (χ1n) is 8.14. The van der Waals surface area contributed by atoms with Crippen LogP contribution in [0.5, 0.6) is 0 Å². The van der Waals surface area contributed by atoms with Crippen LogP contribution in [0.15, 0.2) is 0 Å². The summed E-state index contributed by atoms with van der Waals surface area (Å²) in [5, 5.41) is 8.71. The van der Waals surface area contributed by atoms with E-state index in [0.29, 0.717) is 30.6 Å². The quantitative estimate of drug-likeness (QED) is 0.788. The maximum Gasteiger partial charge on any atom is 0.303 e. The Morgan fingerprint density at radius 2 is 1.70 bits per heavy atom. The van der Waals surface area contributed by atoms with Crippen LogP contribution in [-0.2, 0) is 9.59 Å². The van der Waals surface area contributed by atoms with Gasteiger partial charge in [-0.05, 0) is 37.5 Å². The van der Waals surface area contributed by atoms with Crippen LogP contribution in [0.2, 0.25) is 0 Å². The van der Waals surface area contributed by atoms with E-state index in [1.165, 1.54) is 38.5 Å². The molecule has 1 aliphatic heterocycles. The molecule has 1 aliphatic carbocycles. The average Bonchev–Trinajstić information content (AvgIpc) is 2.75. The summed E-state index contributed by atoms with van der Waals surface area (Å²) in [7, 11) is 0. The van der Waals surface area contributed by atoms with Gasteiger partial charge in [0.2, 0.25) is 5.91 Å². The molecule has 114 valence electrons. The van der Waals surface area contributed by atoms with E-state index in [0.717, 1.165) is 19.5 Å². The fourth-order valence-electron chi connectivity index (χ4n) is 3.57. The Morgan fingerprint density at radius 3 is 2.35 bits per heavy atom. The van der Waals surface area contributed by atoms with E-state index in [-0.39, 0.29) is 6.42 Å². The predicted octanol–water partition coefficient (Wildman–Crippen LogP) is 3.06. The molecule has 2 aliphatic rings. The number of hydrogen-bond acceptors (Lipinski definition) is 2. The first-order valence-corrected chi connectivity index (χ1v) is 8.14. The third-order valence-electron chi connectivity index (χ3n) is 4.84. The van der Waals surface area contributed by atoms with E-state index in [9.17, 15) is 9.59 Å². The fourth-order valence-corrected chi connectivity index (χ4v) is 3.57. The lowest BCUT2D eigenvalue weighted by molar-refractivity contribution is -0.137. The van der Waals surface area contributed by atoms with Gasteiger partial charge in [0.05, 0.1) is 0 Å². The molecule has 4 nitrogen and oxygen atoms in total. The van der Waals surface area contributed by atoms with Gasteiger partial charge in [-0.1, -0.05) is 25.7 Å². The van der Waals surface area contributed by atoms with Crippen molar-refractivity contribution in [1.29, 1.82) is 0 Å².